The van der Waals surface area contributed by atoms with E-state index in [9.17, 15) is 19.8 Å². The van der Waals surface area contributed by atoms with Gasteiger partial charge in [0.2, 0.25) is 5.91 Å². The summed E-state index contributed by atoms with van der Waals surface area (Å²) < 4.78 is 0. The second kappa shape index (κ2) is 8.65. The van der Waals surface area contributed by atoms with Gasteiger partial charge in [0, 0.05) is 10.6 Å². The zero-order valence-corrected chi connectivity index (χ0v) is 16.0. The Hall–Kier alpha value is -2.22. The van der Waals surface area contributed by atoms with E-state index < -0.39 is 18.1 Å². The van der Waals surface area contributed by atoms with Crippen molar-refractivity contribution in [1.29, 1.82) is 0 Å². The lowest BCUT2D eigenvalue weighted by molar-refractivity contribution is -0.148. The van der Waals surface area contributed by atoms with Gasteiger partial charge in [-0.05, 0) is 11.1 Å². The van der Waals surface area contributed by atoms with Crippen molar-refractivity contribution >= 4 is 40.7 Å². The Morgan fingerprint density at radius 1 is 1.11 bits per heavy atom. The highest BCUT2D eigenvalue weighted by Gasteiger charge is 2.42. The number of hydrogen-bond acceptors (Lipinski definition) is 5. The van der Waals surface area contributed by atoms with E-state index >= 15 is 0 Å². The van der Waals surface area contributed by atoms with Crippen LogP contribution in [0.25, 0.3) is 0 Å². The van der Waals surface area contributed by atoms with E-state index in [1.54, 1.807) is 24.3 Å². The van der Waals surface area contributed by atoms with Gasteiger partial charge in [-0.25, -0.2) is 4.79 Å². The van der Waals surface area contributed by atoms with E-state index in [1.807, 2.05) is 36.4 Å². The number of aliphatic hydroxyl groups excluding tert-OH is 1. The van der Waals surface area contributed by atoms with Crippen LogP contribution in [0.15, 0.2) is 60.7 Å². The number of carboxylic acid groups (broad SMARTS) is 1. The Bertz CT molecular complexity index is 828. The molecule has 5 nitrogen and oxygen atoms in total. The third-order valence-electron chi connectivity index (χ3n) is 4.40. The zero-order chi connectivity index (χ0) is 19.4. The van der Waals surface area contributed by atoms with Crippen LogP contribution in [0.5, 0.6) is 0 Å². The summed E-state index contributed by atoms with van der Waals surface area (Å²) in [5.74, 6) is -1.11. The Balaban J connectivity index is 1.79. The van der Waals surface area contributed by atoms with Crippen LogP contribution in [-0.4, -0.2) is 43.6 Å². The number of rotatable bonds is 6. The predicted molar refractivity (Wildman–Crippen MR) is 109 cm³/mol. The molecule has 0 aromatic heterocycles. The number of amides is 1. The number of carboxylic acids is 1. The summed E-state index contributed by atoms with van der Waals surface area (Å²) in [7, 11) is 0. The standard InChI is InChI=1S/C20H19NO4S2/c22-17(11-16(26)18(23)13-7-3-1-4-8-13)21-15(20(24)25)12-27-19(21)14-9-5-2-6-10-14/h1-10,15,18-19,23H,11-12H2,(H,24,25). The normalized spacial score (nSPS) is 20.3. The van der Waals surface area contributed by atoms with Crippen LogP contribution in [0.4, 0.5) is 0 Å². The van der Waals surface area contributed by atoms with Gasteiger partial charge in [0.15, 0.2) is 0 Å². The molecule has 3 rings (SSSR count). The number of aliphatic hydroxyl groups is 1. The van der Waals surface area contributed by atoms with E-state index in [2.05, 4.69) is 0 Å². The molecule has 0 bridgehead atoms. The van der Waals surface area contributed by atoms with Gasteiger partial charge < -0.3 is 15.1 Å². The van der Waals surface area contributed by atoms with Crippen LogP contribution in [0.1, 0.15) is 29.0 Å². The average Bonchev–Trinajstić information content (AvgIpc) is 3.14. The van der Waals surface area contributed by atoms with E-state index in [0.717, 1.165) is 5.56 Å². The number of nitrogens with zero attached hydrogens (tertiary/aromatic N) is 1. The van der Waals surface area contributed by atoms with Crippen molar-refractivity contribution < 1.29 is 19.8 Å². The van der Waals surface area contributed by atoms with Crippen molar-refractivity contribution in [3.05, 3.63) is 71.8 Å². The minimum absolute atomic E-state index is 0.180. The Morgan fingerprint density at radius 3 is 2.30 bits per heavy atom. The second-order valence-electron chi connectivity index (χ2n) is 6.21. The van der Waals surface area contributed by atoms with Crippen molar-refractivity contribution in [2.24, 2.45) is 0 Å². The maximum atomic E-state index is 12.9. The number of carbonyl (C=O) groups is 2. The maximum absolute atomic E-state index is 12.9. The monoisotopic (exact) mass is 401 g/mol. The fourth-order valence-electron chi connectivity index (χ4n) is 3.03. The van der Waals surface area contributed by atoms with Crippen LogP contribution < -0.4 is 0 Å². The third kappa shape index (κ3) is 4.37. The van der Waals surface area contributed by atoms with E-state index in [0.29, 0.717) is 11.3 Å². The van der Waals surface area contributed by atoms with E-state index in [-0.39, 0.29) is 22.6 Å². The molecular weight excluding hydrogens is 382 g/mol. The van der Waals surface area contributed by atoms with Gasteiger partial charge in [0.25, 0.3) is 0 Å². The van der Waals surface area contributed by atoms with Gasteiger partial charge in [-0.3, -0.25) is 4.79 Å². The molecule has 27 heavy (non-hydrogen) atoms. The van der Waals surface area contributed by atoms with Gasteiger partial charge in [0.05, 0.1) is 6.42 Å². The molecule has 0 aliphatic carbocycles. The first-order valence-electron chi connectivity index (χ1n) is 8.45. The second-order valence-corrected chi connectivity index (χ2v) is 7.85. The molecule has 2 aromatic rings. The SMILES string of the molecule is O=C(O)C1CSC(c2ccccc2)N1C(=O)CC(=S)C(O)c1ccccc1. The summed E-state index contributed by atoms with van der Waals surface area (Å²) in [5, 5.41) is 19.6. The quantitative estimate of drug-likeness (QED) is 0.724. The van der Waals surface area contributed by atoms with Gasteiger partial charge >= 0.3 is 5.97 Å². The molecule has 1 heterocycles. The smallest absolute Gasteiger partial charge is 0.327 e. The van der Waals surface area contributed by atoms with Crippen molar-refractivity contribution in [2.45, 2.75) is 23.9 Å². The lowest BCUT2D eigenvalue weighted by Crippen LogP contribution is -2.43. The molecule has 2 N–H and O–H groups in total. The first-order chi connectivity index (χ1) is 13.0. The van der Waals surface area contributed by atoms with Crippen molar-refractivity contribution in [3.8, 4) is 0 Å². The largest absolute Gasteiger partial charge is 0.480 e. The molecular formula is C20H19NO4S2. The molecule has 140 valence electrons. The lowest BCUT2D eigenvalue weighted by atomic mass is 10.0. The summed E-state index contributed by atoms with van der Waals surface area (Å²) in [4.78, 5) is 26.1. The van der Waals surface area contributed by atoms with Gasteiger partial charge in [-0.15, -0.1) is 11.8 Å². The number of benzene rings is 2. The van der Waals surface area contributed by atoms with Crippen molar-refractivity contribution in [2.75, 3.05) is 5.75 Å². The van der Waals surface area contributed by atoms with Crippen LogP contribution in [0, 0.1) is 0 Å². The maximum Gasteiger partial charge on any atom is 0.327 e. The highest BCUT2D eigenvalue weighted by molar-refractivity contribution is 7.99. The molecule has 0 spiro atoms. The molecule has 0 saturated carbocycles. The molecule has 1 saturated heterocycles. The number of carbonyl (C=O) groups excluding carboxylic acids is 1. The molecule has 1 aliphatic rings. The van der Waals surface area contributed by atoms with Crippen LogP contribution in [0.3, 0.4) is 0 Å². The minimum atomic E-state index is -1.04. The van der Waals surface area contributed by atoms with Gasteiger partial charge in [-0.2, -0.15) is 0 Å². The fourth-order valence-corrected chi connectivity index (χ4v) is 4.74. The van der Waals surface area contributed by atoms with Crippen LogP contribution in [0.2, 0.25) is 0 Å². The molecule has 3 unspecified atom stereocenters. The Morgan fingerprint density at radius 2 is 1.70 bits per heavy atom. The fraction of sp³-hybridized carbons (Fsp3) is 0.250. The van der Waals surface area contributed by atoms with Crippen LogP contribution in [-0.2, 0) is 9.59 Å². The first kappa shape index (κ1) is 19.5. The van der Waals surface area contributed by atoms with E-state index in [4.69, 9.17) is 12.2 Å². The summed E-state index contributed by atoms with van der Waals surface area (Å²) >= 11 is 6.70. The number of thiocarbonyl (C=S) groups is 1. The highest BCUT2D eigenvalue weighted by Crippen LogP contribution is 2.41. The third-order valence-corrected chi connectivity index (χ3v) is 6.09. The summed E-state index contributed by atoms with van der Waals surface area (Å²) in [6.45, 7) is 0. The number of thioether (sulfide) groups is 1. The van der Waals surface area contributed by atoms with Crippen LogP contribution >= 0.6 is 24.0 Å². The minimum Gasteiger partial charge on any atom is -0.480 e. The lowest BCUT2D eigenvalue weighted by Gasteiger charge is -2.28. The summed E-state index contributed by atoms with van der Waals surface area (Å²) in [6, 6.07) is 17.3. The predicted octanol–water partition coefficient (Wildman–Crippen LogP) is 3.21. The van der Waals surface area contributed by atoms with Crippen molar-refractivity contribution in [1.82, 2.24) is 4.90 Å². The molecule has 0 radical (unpaired) electrons. The molecule has 2 aromatic carbocycles. The topological polar surface area (TPSA) is 77.8 Å². The average molecular weight is 402 g/mol. The first-order valence-corrected chi connectivity index (χ1v) is 9.91. The molecule has 3 atom stereocenters. The molecule has 1 fully saturated rings. The number of hydrogen-bond donors (Lipinski definition) is 2. The molecule has 1 aliphatic heterocycles. The Kier molecular flexibility index (Phi) is 6.26. The van der Waals surface area contributed by atoms with Crippen molar-refractivity contribution in [3.63, 3.8) is 0 Å². The summed E-state index contributed by atoms with van der Waals surface area (Å²) in [5.41, 5.74) is 1.48. The Labute approximate surface area is 167 Å². The summed E-state index contributed by atoms with van der Waals surface area (Å²) in [6.07, 6.45) is -1.22. The van der Waals surface area contributed by atoms with E-state index in [1.165, 1.54) is 16.7 Å². The zero-order valence-electron chi connectivity index (χ0n) is 14.4. The highest BCUT2D eigenvalue weighted by atomic mass is 32.2. The van der Waals surface area contributed by atoms with Gasteiger partial charge in [0.1, 0.15) is 17.5 Å². The number of aliphatic carboxylic acids is 1. The van der Waals surface area contributed by atoms with Gasteiger partial charge in [-0.1, -0.05) is 72.9 Å². The molecule has 7 heteroatoms. The molecule has 1 amide bonds.